The van der Waals surface area contributed by atoms with Gasteiger partial charge in [0.2, 0.25) is 5.91 Å². The predicted octanol–water partition coefficient (Wildman–Crippen LogP) is -1.03. The maximum absolute atomic E-state index is 11.3. The monoisotopic (exact) mass is 335 g/mol. The van der Waals surface area contributed by atoms with Gasteiger partial charge in [-0.1, -0.05) is 12.8 Å². The van der Waals surface area contributed by atoms with Gasteiger partial charge in [0.1, 0.15) is 29.9 Å². The van der Waals surface area contributed by atoms with Gasteiger partial charge in [0.25, 0.3) is 0 Å². The van der Waals surface area contributed by atoms with E-state index in [4.69, 9.17) is 4.74 Å². The SMILES string of the molecule is CC(=O)NC1CCCCC1S[C@@H]1O[C@H](CO)[C@H](O)[C@H](O)[C@H]1O. The van der Waals surface area contributed by atoms with Crippen LogP contribution in [-0.2, 0) is 9.53 Å². The zero-order valence-corrected chi connectivity index (χ0v) is 13.4. The quantitative estimate of drug-likeness (QED) is 0.445. The van der Waals surface area contributed by atoms with E-state index in [0.717, 1.165) is 25.7 Å². The standard InChI is InChI=1S/C14H25NO6S/c1-7(17)15-8-4-2-3-5-10(8)22-14-13(20)12(19)11(18)9(6-16)21-14/h8-14,16,18-20H,2-6H2,1H3,(H,15,17)/t8?,9-,10?,11+,12+,13-,14+/m1/s1. The Bertz CT molecular complexity index is 382. The van der Waals surface area contributed by atoms with Crippen molar-refractivity contribution in [3.63, 3.8) is 0 Å². The molecule has 1 saturated heterocycles. The van der Waals surface area contributed by atoms with Crippen molar-refractivity contribution in [1.82, 2.24) is 5.32 Å². The van der Waals surface area contributed by atoms with Gasteiger partial charge in [-0.25, -0.2) is 0 Å². The molecule has 1 heterocycles. The van der Waals surface area contributed by atoms with E-state index in [0.29, 0.717) is 0 Å². The summed E-state index contributed by atoms with van der Waals surface area (Å²) in [5.41, 5.74) is -0.741. The van der Waals surface area contributed by atoms with Crippen molar-refractivity contribution in [1.29, 1.82) is 0 Å². The van der Waals surface area contributed by atoms with Crippen LogP contribution in [0.1, 0.15) is 32.6 Å². The molecule has 22 heavy (non-hydrogen) atoms. The van der Waals surface area contributed by atoms with Crippen LogP contribution in [0.4, 0.5) is 0 Å². The number of carbonyl (C=O) groups excluding carboxylic acids is 1. The number of amides is 1. The van der Waals surface area contributed by atoms with Gasteiger partial charge in [0, 0.05) is 18.2 Å². The van der Waals surface area contributed by atoms with Crippen LogP contribution in [0.2, 0.25) is 0 Å². The first-order valence-electron chi connectivity index (χ1n) is 7.67. The fraction of sp³-hybridized carbons (Fsp3) is 0.929. The second kappa shape index (κ2) is 7.94. The second-order valence-electron chi connectivity index (χ2n) is 5.96. The van der Waals surface area contributed by atoms with E-state index < -0.39 is 36.5 Å². The number of nitrogens with one attached hydrogen (secondary N) is 1. The van der Waals surface area contributed by atoms with Crippen LogP contribution in [0.25, 0.3) is 0 Å². The molecule has 2 rings (SSSR count). The molecular formula is C14H25NO6S. The minimum absolute atomic E-state index is 0.00335. The Morgan fingerprint density at radius 3 is 2.50 bits per heavy atom. The minimum atomic E-state index is -1.36. The van der Waals surface area contributed by atoms with Crippen molar-refractivity contribution in [3.05, 3.63) is 0 Å². The minimum Gasteiger partial charge on any atom is -0.394 e. The van der Waals surface area contributed by atoms with Crippen LogP contribution in [0, 0.1) is 0 Å². The van der Waals surface area contributed by atoms with Gasteiger partial charge in [-0.15, -0.1) is 11.8 Å². The van der Waals surface area contributed by atoms with Crippen LogP contribution in [0.3, 0.4) is 0 Å². The fourth-order valence-electron chi connectivity index (χ4n) is 3.04. The summed E-state index contributed by atoms with van der Waals surface area (Å²) >= 11 is 1.36. The van der Waals surface area contributed by atoms with E-state index in [1.54, 1.807) is 0 Å². The first-order chi connectivity index (χ1) is 10.4. The number of rotatable bonds is 4. The van der Waals surface area contributed by atoms with Crippen molar-refractivity contribution in [2.24, 2.45) is 0 Å². The molecule has 8 heteroatoms. The predicted molar refractivity (Wildman–Crippen MR) is 81.2 cm³/mol. The largest absolute Gasteiger partial charge is 0.394 e. The number of thioether (sulfide) groups is 1. The highest BCUT2D eigenvalue weighted by Gasteiger charge is 2.45. The fourth-order valence-corrected chi connectivity index (χ4v) is 4.61. The van der Waals surface area contributed by atoms with Crippen molar-refractivity contribution < 1.29 is 30.0 Å². The molecule has 1 amide bonds. The molecule has 0 aromatic heterocycles. The molecule has 0 aromatic rings. The van der Waals surface area contributed by atoms with Crippen molar-refractivity contribution in [2.75, 3.05) is 6.61 Å². The topological polar surface area (TPSA) is 119 Å². The Hall–Kier alpha value is -0.380. The first-order valence-corrected chi connectivity index (χ1v) is 8.61. The maximum atomic E-state index is 11.3. The Balaban J connectivity index is 2.01. The van der Waals surface area contributed by atoms with Crippen molar-refractivity contribution in [2.45, 2.75) is 73.8 Å². The number of hydrogen-bond acceptors (Lipinski definition) is 7. The molecule has 0 aromatic carbocycles. The van der Waals surface area contributed by atoms with Crippen molar-refractivity contribution in [3.8, 4) is 0 Å². The number of aliphatic hydroxyl groups is 4. The van der Waals surface area contributed by atoms with Crippen molar-refractivity contribution >= 4 is 17.7 Å². The molecule has 2 fully saturated rings. The molecular weight excluding hydrogens is 310 g/mol. The number of carbonyl (C=O) groups is 1. The Morgan fingerprint density at radius 2 is 1.86 bits per heavy atom. The number of ether oxygens (including phenoxy) is 1. The van der Waals surface area contributed by atoms with Gasteiger partial charge < -0.3 is 30.5 Å². The molecule has 0 radical (unpaired) electrons. The molecule has 128 valence electrons. The molecule has 1 aliphatic carbocycles. The summed E-state index contributed by atoms with van der Waals surface area (Å²) in [6.45, 7) is 1.05. The number of hydrogen-bond donors (Lipinski definition) is 5. The Labute approximate surface area is 134 Å². The highest BCUT2D eigenvalue weighted by molar-refractivity contribution is 8.00. The molecule has 0 spiro atoms. The third-order valence-corrected chi connectivity index (χ3v) is 5.82. The molecule has 2 unspecified atom stereocenters. The van der Waals surface area contributed by atoms with Crippen LogP contribution >= 0.6 is 11.8 Å². The van der Waals surface area contributed by atoms with Crippen LogP contribution < -0.4 is 5.32 Å². The van der Waals surface area contributed by atoms with Crippen LogP contribution in [-0.4, -0.2) is 74.1 Å². The third kappa shape index (κ3) is 4.12. The maximum Gasteiger partial charge on any atom is 0.217 e. The van der Waals surface area contributed by atoms with Gasteiger partial charge in [-0.2, -0.15) is 0 Å². The molecule has 1 saturated carbocycles. The normalized spacial score (nSPS) is 42.9. The zero-order chi connectivity index (χ0) is 16.3. The lowest BCUT2D eigenvalue weighted by Crippen LogP contribution is -2.58. The Morgan fingerprint density at radius 1 is 1.18 bits per heavy atom. The van der Waals surface area contributed by atoms with Crippen LogP contribution in [0.15, 0.2) is 0 Å². The molecule has 0 bridgehead atoms. The summed E-state index contributed by atoms with van der Waals surface area (Å²) in [7, 11) is 0. The zero-order valence-electron chi connectivity index (χ0n) is 12.6. The molecule has 7 nitrogen and oxygen atoms in total. The van der Waals surface area contributed by atoms with E-state index in [-0.39, 0.29) is 17.2 Å². The molecule has 7 atom stereocenters. The van der Waals surface area contributed by atoms with E-state index in [1.807, 2.05) is 0 Å². The lowest BCUT2D eigenvalue weighted by atomic mass is 9.95. The lowest BCUT2D eigenvalue weighted by molar-refractivity contribution is -0.205. The average molecular weight is 335 g/mol. The summed E-state index contributed by atoms with van der Waals surface area (Å²) in [5, 5.41) is 41.9. The highest BCUT2D eigenvalue weighted by Crippen LogP contribution is 2.36. The van der Waals surface area contributed by atoms with Gasteiger partial charge in [-0.3, -0.25) is 4.79 Å². The average Bonchev–Trinajstić information content (AvgIpc) is 2.49. The van der Waals surface area contributed by atoms with Gasteiger partial charge in [-0.05, 0) is 12.8 Å². The van der Waals surface area contributed by atoms with Gasteiger partial charge in [0.05, 0.1) is 6.61 Å². The summed E-state index contributed by atoms with van der Waals surface area (Å²) in [6.07, 6.45) is -0.997. The highest BCUT2D eigenvalue weighted by atomic mass is 32.2. The first kappa shape index (κ1) is 18.0. The molecule has 2 aliphatic rings. The van der Waals surface area contributed by atoms with Gasteiger partial charge in [0.15, 0.2) is 0 Å². The summed E-state index contributed by atoms with van der Waals surface area (Å²) in [6, 6.07) is 0.00335. The van der Waals surface area contributed by atoms with Crippen LogP contribution in [0.5, 0.6) is 0 Å². The summed E-state index contributed by atoms with van der Waals surface area (Å²) in [5.74, 6) is -0.0914. The second-order valence-corrected chi connectivity index (χ2v) is 7.31. The molecule has 1 aliphatic heterocycles. The summed E-state index contributed by atoms with van der Waals surface area (Å²) in [4.78, 5) is 11.3. The third-order valence-electron chi connectivity index (χ3n) is 4.25. The number of aliphatic hydroxyl groups excluding tert-OH is 4. The van der Waals surface area contributed by atoms with E-state index in [9.17, 15) is 25.2 Å². The Kier molecular flexibility index (Phi) is 6.48. The molecule has 5 N–H and O–H groups in total. The van der Waals surface area contributed by atoms with E-state index in [1.165, 1.54) is 18.7 Å². The van der Waals surface area contributed by atoms with E-state index in [2.05, 4.69) is 5.32 Å². The summed E-state index contributed by atoms with van der Waals surface area (Å²) < 4.78 is 5.53. The lowest BCUT2D eigenvalue weighted by Gasteiger charge is -2.42. The van der Waals surface area contributed by atoms with E-state index >= 15 is 0 Å². The smallest absolute Gasteiger partial charge is 0.217 e. The van der Waals surface area contributed by atoms with Gasteiger partial charge >= 0.3 is 0 Å².